The molecule has 0 bridgehead atoms. The smallest absolute Gasteiger partial charge is 0.160 e. The molecule has 2 rings (SSSR count). The van der Waals surface area contributed by atoms with Crippen LogP contribution in [0.15, 0.2) is 24.7 Å². The monoisotopic (exact) mass is 289 g/mol. The van der Waals surface area contributed by atoms with Gasteiger partial charge in [0.1, 0.15) is 0 Å². The van der Waals surface area contributed by atoms with Crippen molar-refractivity contribution in [2.24, 2.45) is 5.73 Å². The van der Waals surface area contributed by atoms with E-state index in [1.165, 1.54) is 24.7 Å². The Labute approximate surface area is 113 Å². The summed E-state index contributed by atoms with van der Waals surface area (Å²) in [4.78, 5) is 3.94. The van der Waals surface area contributed by atoms with Gasteiger partial charge in [0.05, 0.1) is 40.9 Å². The van der Waals surface area contributed by atoms with Crippen LogP contribution in [-0.4, -0.2) is 21.3 Å². The second kappa shape index (κ2) is 5.24. The number of nitrogens with two attached hydrogens (primary N) is 1. The molecule has 0 aliphatic carbocycles. The van der Waals surface area contributed by atoms with Gasteiger partial charge in [-0.1, -0.05) is 23.2 Å². The maximum absolute atomic E-state index is 13.3. The fourth-order valence-electron chi connectivity index (χ4n) is 1.57. The fraction of sp³-hybridized carbons (Fsp3) is 0.182. The van der Waals surface area contributed by atoms with E-state index >= 15 is 0 Å². The topological polar surface area (TPSA) is 64.1 Å². The van der Waals surface area contributed by atoms with Gasteiger partial charge in [0.2, 0.25) is 0 Å². The highest BCUT2D eigenvalue weighted by atomic mass is 35.5. The van der Waals surface area contributed by atoms with Crippen molar-refractivity contribution in [1.29, 1.82) is 0 Å². The van der Waals surface area contributed by atoms with Gasteiger partial charge in [-0.05, 0) is 12.1 Å². The molecule has 0 fully saturated rings. The first kappa shape index (κ1) is 13.3. The van der Waals surface area contributed by atoms with Crippen LogP contribution in [0, 0.1) is 5.82 Å². The third kappa shape index (κ3) is 2.35. The first-order valence-electron chi connectivity index (χ1n) is 5.08. The van der Waals surface area contributed by atoms with Gasteiger partial charge >= 0.3 is 0 Å². The Hall–Kier alpha value is -1.14. The minimum absolute atomic E-state index is 0.0882. The minimum atomic E-state index is -0.671. The van der Waals surface area contributed by atoms with Gasteiger partial charge in [-0.2, -0.15) is 0 Å². The molecule has 0 saturated carbocycles. The Morgan fingerprint density at radius 2 is 2.00 bits per heavy atom. The summed E-state index contributed by atoms with van der Waals surface area (Å²) >= 11 is 11.5. The molecule has 0 radical (unpaired) electrons. The molecular weight excluding hydrogens is 280 g/mol. The number of imidazole rings is 1. The zero-order chi connectivity index (χ0) is 13.3. The van der Waals surface area contributed by atoms with E-state index in [1.54, 1.807) is 4.57 Å². The Kier molecular flexibility index (Phi) is 3.87. The van der Waals surface area contributed by atoms with Gasteiger partial charge < -0.3 is 15.4 Å². The fourth-order valence-corrected chi connectivity index (χ4v) is 2.05. The highest BCUT2D eigenvalue weighted by Gasteiger charge is 2.14. The zero-order valence-corrected chi connectivity index (χ0v) is 10.7. The molecule has 1 atom stereocenters. The summed E-state index contributed by atoms with van der Waals surface area (Å²) in [6.45, 7) is -0.228. The van der Waals surface area contributed by atoms with Crippen LogP contribution in [0.4, 0.5) is 4.39 Å². The molecule has 0 amide bonds. The number of nitrogens with zero attached hydrogens (tertiary/aromatic N) is 2. The van der Waals surface area contributed by atoms with Crippen molar-refractivity contribution in [3.63, 3.8) is 0 Å². The van der Waals surface area contributed by atoms with Crippen LogP contribution in [0.1, 0.15) is 11.7 Å². The summed E-state index contributed by atoms with van der Waals surface area (Å²) in [5, 5.41) is 8.88. The lowest BCUT2D eigenvalue weighted by molar-refractivity contribution is 0.265. The summed E-state index contributed by atoms with van der Waals surface area (Å²) in [6, 6.07) is 2.24. The molecule has 2 aromatic rings. The van der Waals surface area contributed by atoms with Crippen LogP contribution in [0.2, 0.25) is 10.0 Å². The molecule has 0 aliphatic rings. The molecule has 1 unspecified atom stereocenters. The van der Waals surface area contributed by atoms with Crippen molar-refractivity contribution < 1.29 is 9.50 Å². The maximum atomic E-state index is 13.3. The minimum Gasteiger partial charge on any atom is -0.394 e. The first-order chi connectivity index (χ1) is 8.54. The van der Waals surface area contributed by atoms with Gasteiger partial charge in [0, 0.05) is 5.69 Å². The Morgan fingerprint density at radius 1 is 1.39 bits per heavy atom. The molecule has 96 valence electrons. The zero-order valence-electron chi connectivity index (χ0n) is 9.15. The van der Waals surface area contributed by atoms with Gasteiger partial charge in [-0.25, -0.2) is 9.37 Å². The van der Waals surface area contributed by atoms with Crippen molar-refractivity contribution in [2.45, 2.75) is 6.04 Å². The van der Waals surface area contributed by atoms with Crippen molar-refractivity contribution in [2.75, 3.05) is 6.61 Å². The number of hydrogen-bond donors (Lipinski definition) is 2. The van der Waals surface area contributed by atoms with E-state index in [4.69, 9.17) is 34.0 Å². The number of benzene rings is 1. The lowest BCUT2D eigenvalue weighted by atomic mass is 10.2. The van der Waals surface area contributed by atoms with E-state index in [0.717, 1.165) is 0 Å². The van der Waals surface area contributed by atoms with E-state index in [2.05, 4.69) is 4.98 Å². The average Bonchev–Trinajstić information content (AvgIpc) is 2.83. The predicted octanol–water partition coefficient (Wildman–Crippen LogP) is 2.31. The van der Waals surface area contributed by atoms with Crippen LogP contribution in [0.3, 0.4) is 0 Å². The number of hydrogen-bond acceptors (Lipinski definition) is 3. The van der Waals surface area contributed by atoms with Crippen LogP contribution >= 0.6 is 23.2 Å². The largest absolute Gasteiger partial charge is 0.394 e. The van der Waals surface area contributed by atoms with Crippen LogP contribution in [0.5, 0.6) is 0 Å². The molecule has 0 saturated heterocycles. The summed E-state index contributed by atoms with van der Waals surface area (Å²) in [6.07, 6.45) is 3.01. The molecule has 1 aromatic heterocycles. The third-order valence-electron chi connectivity index (χ3n) is 2.49. The maximum Gasteiger partial charge on any atom is 0.160 e. The lowest BCUT2D eigenvalue weighted by Gasteiger charge is -2.13. The third-order valence-corrected chi connectivity index (χ3v) is 3.04. The molecule has 3 N–H and O–H groups in total. The van der Waals surface area contributed by atoms with E-state index in [1.807, 2.05) is 0 Å². The van der Waals surface area contributed by atoms with Gasteiger partial charge in [-0.3, -0.25) is 0 Å². The molecule has 4 nitrogen and oxygen atoms in total. The highest BCUT2D eigenvalue weighted by Crippen LogP contribution is 2.27. The van der Waals surface area contributed by atoms with Crippen molar-refractivity contribution in [1.82, 2.24) is 9.55 Å². The Balaban J connectivity index is 2.53. The number of rotatable bonds is 3. The molecule has 7 heteroatoms. The number of aromatic nitrogens is 2. The van der Waals surface area contributed by atoms with Crippen molar-refractivity contribution in [3.8, 4) is 5.69 Å². The Bertz CT molecular complexity index is 550. The second-order valence-corrected chi connectivity index (χ2v) is 4.52. The van der Waals surface area contributed by atoms with Crippen LogP contribution in [-0.2, 0) is 0 Å². The normalized spacial score (nSPS) is 12.7. The van der Waals surface area contributed by atoms with Crippen molar-refractivity contribution in [3.05, 3.63) is 46.2 Å². The van der Waals surface area contributed by atoms with E-state index in [0.29, 0.717) is 11.4 Å². The first-order valence-corrected chi connectivity index (χ1v) is 5.83. The van der Waals surface area contributed by atoms with Gasteiger partial charge in [-0.15, -0.1) is 0 Å². The number of aliphatic hydroxyl groups is 1. The summed E-state index contributed by atoms with van der Waals surface area (Å²) < 4.78 is 14.9. The molecule has 0 aliphatic heterocycles. The summed E-state index contributed by atoms with van der Waals surface area (Å²) in [5.74, 6) is -0.671. The van der Waals surface area contributed by atoms with E-state index in [-0.39, 0.29) is 16.7 Å². The standard InChI is InChI=1S/C11H10Cl2FN3O/c12-7-1-6(2-8(13)11(7)14)17-5-16-3-10(17)9(15)4-18/h1-3,5,9,18H,4,15H2. The molecule has 1 aromatic carbocycles. The summed E-state index contributed by atoms with van der Waals surface area (Å²) in [5.41, 5.74) is 6.84. The van der Waals surface area contributed by atoms with Crippen LogP contribution in [0.25, 0.3) is 5.69 Å². The Morgan fingerprint density at radius 3 is 2.56 bits per heavy atom. The predicted molar refractivity (Wildman–Crippen MR) is 67.6 cm³/mol. The van der Waals surface area contributed by atoms with Gasteiger partial charge in [0.25, 0.3) is 0 Å². The van der Waals surface area contributed by atoms with Crippen LogP contribution < -0.4 is 5.73 Å². The second-order valence-electron chi connectivity index (χ2n) is 3.70. The SMILES string of the molecule is NC(CO)c1cncn1-c1cc(Cl)c(F)c(Cl)c1. The van der Waals surface area contributed by atoms with E-state index in [9.17, 15) is 4.39 Å². The number of aliphatic hydroxyl groups excluding tert-OH is 1. The average molecular weight is 290 g/mol. The van der Waals surface area contributed by atoms with Crippen molar-refractivity contribution >= 4 is 23.2 Å². The molecular formula is C11H10Cl2FN3O. The highest BCUT2D eigenvalue weighted by molar-refractivity contribution is 6.35. The quantitative estimate of drug-likeness (QED) is 0.853. The number of halogens is 3. The summed E-state index contributed by atoms with van der Waals surface area (Å²) in [7, 11) is 0. The molecule has 18 heavy (non-hydrogen) atoms. The molecule has 1 heterocycles. The molecule has 0 spiro atoms. The van der Waals surface area contributed by atoms with E-state index < -0.39 is 11.9 Å². The lowest BCUT2D eigenvalue weighted by Crippen LogP contribution is -2.18. The van der Waals surface area contributed by atoms with Gasteiger partial charge in [0.15, 0.2) is 5.82 Å².